The predicted molar refractivity (Wildman–Crippen MR) is 145 cm³/mol. The number of aryl methyl sites for hydroxylation is 1. The second kappa shape index (κ2) is 9.50. The SMILES string of the molecule is Cc1cc(COc2ccc3cn(C[C@@]4(C#Cc5cccnc5)NC(=O)NC4=O)c(O)c3c2)c2ccccc2n1. The number of carbonyl (C=O) groups excluding carboxylic acids is 2. The van der Waals surface area contributed by atoms with Crippen molar-refractivity contribution in [2.75, 3.05) is 0 Å². The highest BCUT2D eigenvalue weighted by molar-refractivity contribution is 6.09. The summed E-state index contributed by atoms with van der Waals surface area (Å²) < 4.78 is 7.60. The number of carbonyl (C=O) groups is 2. The summed E-state index contributed by atoms with van der Waals surface area (Å²) in [4.78, 5) is 33.5. The summed E-state index contributed by atoms with van der Waals surface area (Å²) in [5, 5.41) is 18.3. The van der Waals surface area contributed by atoms with E-state index in [0.29, 0.717) is 23.3 Å². The Morgan fingerprint density at radius 2 is 1.95 bits per heavy atom. The number of aromatic nitrogens is 3. The first-order valence-corrected chi connectivity index (χ1v) is 12.3. The third-order valence-corrected chi connectivity index (χ3v) is 6.59. The molecule has 1 aliphatic rings. The minimum Gasteiger partial charge on any atom is -0.494 e. The standard InChI is InChI=1S/C30H23N5O4/c1-19-13-22(24-6-2-3-7-26(24)32-19)17-39-23-9-8-21-16-35(27(36)25(21)14-23)18-30(28(37)33-29(38)34-30)11-10-20-5-4-12-31-15-20/h2-9,12-16,36H,17-18H2,1H3,(H2,33,34,37,38)/t30-/m1/s1. The molecule has 3 aromatic heterocycles. The van der Waals surface area contributed by atoms with E-state index in [0.717, 1.165) is 27.5 Å². The Morgan fingerprint density at radius 3 is 2.74 bits per heavy atom. The molecular formula is C30H23N5O4. The Labute approximate surface area is 223 Å². The summed E-state index contributed by atoms with van der Waals surface area (Å²) >= 11 is 0. The number of fused-ring (bicyclic) bond motifs is 2. The van der Waals surface area contributed by atoms with Crippen LogP contribution in [0.2, 0.25) is 0 Å². The lowest BCUT2D eigenvalue weighted by atomic mass is 10.00. The minimum atomic E-state index is -1.57. The third kappa shape index (κ3) is 4.60. The fraction of sp³-hybridized carbons (Fsp3) is 0.133. The van der Waals surface area contributed by atoms with Crippen molar-refractivity contribution in [2.24, 2.45) is 0 Å². The van der Waals surface area contributed by atoms with Crippen LogP contribution in [0.15, 0.2) is 79.3 Å². The molecule has 9 heteroatoms. The summed E-state index contributed by atoms with van der Waals surface area (Å²) in [5.74, 6) is 5.70. The lowest BCUT2D eigenvalue weighted by molar-refractivity contribution is -0.122. The van der Waals surface area contributed by atoms with Crippen molar-refractivity contribution in [1.29, 1.82) is 0 Å². The van der Waals surface area contributed by atoms with Crippen molar-refractivity contribution in [3.05, 3.63) is 96.1 Å². The molecule has 1 saturated heterocycles. The molecule has 0 saturated carbocycles. The number of aromatic hydroxyl groups is 1. The van der Waals surface area contributed by atoms with Gasteiger partial charge in [-0.1, -0.05) is 30.0 Å². The van der Waals surface area contributed by atoms with Crippen LogP contribution in [-0.2, 0) is 17.9 Å². The number of nitrogens with one attached hydrogen (secondary N) is 2. The second-order valence-corrected chi connectivity index (χ2v) is 9.36. The molecule has 0 spiro atoms. The second-order valence-electron chi connectivity index (χ2n) is 9.36. The van der Waals surface area contributed by atoms with E-state index in [1.165, 1.54) is 4.57 Å². The fourth-order valence-corrected chi connectivity index (χ4v) is 4.71. The summed E-state index contributed by atoms with van der Waals surface area (Å²) in [5.41, 5.74) is 1.84. The molecular weight excluding hydrogens is 494 g/mol. The number of pyridine rings is 2. The first-order chi connectivity index (χ1) is 18.9. The lowest BCUT2D eigenvalue weighted by Gasteiger charge is -2.20. The van der Waals surface area contributed by atoms with E-state index in [4.69, 9.17) is 4.74 Å². The minimum absolute atomic E-state index is 0.0721. The van der Waals surface area contributed by atoms with Crippen molar-refractivity contribution in [3.63, 3.8) is 0 Å². The van der Waals surface area contributed by atoms with Gasteiger partial charge in [-0.3, -0.25) is 20.1 Å². The van der Waals surface area contributed by atoms with Gasteiger partial charge in [-0.15, -0.1) is 0 Å². The van der Waals surface area contributed by atoms with Gasteiger partial charge in [0.15, 0.2) is 5.88 Å². The van der Waals surface area contributed by atoms with Gasteiger partial charge in [-0.2, -0.15) is 0 Å². The topological polar surface area (TPSA) is 118 Å². The van der Waals surface area contributed by atoms with Gasteiger partial charge in [0.05, 0.1) is 12.1 Å². The Balaban J connectivity index is 1.29. The molecule has 0 unspecified atom stereocenters. The maximum Gasteiger partial charge on any atom is 0.323 e. The zero-order valence-electron chi connectivity index (χ0n) is 20.9. The molecule has 4 heterocycles. The molecule has 1 aliphatic heterocycles. The van der Waals surface area contributed by atoms with Gasteiger partial charge < -0.3 is 19.7 Å². The molecule has 1 fully saturated rings. The summed E-state index contributed by atoms with van der Waals surface area (Å²) in [6.45, 7) is 2.18. The molecule has 0 radical (unpaired) electrons. The number of para-hydroxylation sites is 1. The Kier molecular flexibility index (Phi) is 5.85. The molecule has 3 amide bonds. The molecule has 9 nitrogen and oxygen atoms in total. The molecule has 5 aromatic rings. The van der Waals surface area contributed by atoms with E-state index in [2.05, 4.69) is 32.4 Å². The molecule has 1 atom stereocenters. The monoisotopic (exact) mass is 517 g/mol. The average Bonchev–Trinajstić information content (AvgIpc) is 3.40. The van der Waals surface area contributed by atoms with Crippen molar-refractivity contribution in [3.8, 4) is 23.5 Å². The van der Waals surface area contributed by atoms with Crippen LogP contribution < -0.4 is 15.4 Å². The van der Waals surface area contributed by atoms with Crippen molar-refractivity contribution < 1.29 is 19.4 Å². The number of urea groups is 1. The van der Waals surface area contributed by atoms with E-state index >= 15 is 0 Å². The van der Waals surface area contributed by atoms with E-state index < -0.39 is 17.5 Å². The van der Waals surface area contributed by atoms with Crippen molar-refractivity contribution in [2.45, 2.75) is 25.6 Å². The Bertz CT molecular complexity index is 1820. The first kappa shape index (κ1) is 24.0. The third-order valence-electron chi connectivity index (χ3n) is 6.59. The van der Waals surface area contributed by atoms with Gasteiger partial charge in [-0.25, -0.2) is 4.79 Å². The van der Waals surface area contributed by atoms with Crippen LogP contribution in [0.25, 0.3) is 21.7 Å². The zero-order chi connectivity index (χ0) is 27.0. The van der Waals surface area contributed by atoms with Crippen LogP contribution in [0.3, 0.4) is 0 Å². The molecule has 39 heavy (non-hydrogen) atoms. The van der Waals surface area contributed by atoms with Gasteiger partial charge in [-0.05, 0) is 49.4 Å². The Morgan fingerprint density at radius 1 is 1.08 bits per heavy atom. The van der Waals surface area contributed by atoms with Crippen LogP contribution in [0.4, 0.5) is 4.79 Å². The summed E-state index contributed by atoms with van der Waals surface area (Å²) in [7, 11) is 0. The lowest BCUT2D eigenvalue weighted by Crippen LogP contribution is -2.49. The highest BCUT2D eigenvalue weighted by Gasteiger charge is 2.46. The number of rotatable bonds is 5. The molecule has 6 rings (SSSR count). The predicted octanol–water partition coefficient (Wildman–Crippen LogP) is 3.81. The summed E-state index contributed by atoms with van der Waals surface area (Å²) in [6, 6.07) is 18.1. The van der Waals surface area contributed by atoms with Gasteiger partial charge in [0.25, 0.3) is 5.91 Å². The number of nitrogens with zero attached hydrogens (tertiary/aromatic N) is 3. The van der Waals surface area contributed by atoms with Crippen molar-refractivity contribution >= 4 is 33.6 Å². The molecule has 3 N–H and O–H groups in total. The summed E-state index contributed by atoms with van der Waals surface area (Å²) in [6.07, 6.45) is 4.89. The van der Waals surface area contributed by atoms with Crippen LogP contribution in [-0.4, -0.2) is 37.1 Å². The number of hydrogen-bond donors (Lipinski definition) is 3. The number of amides is 3. The van der Waals surface area contributed by atoms with Gasteiger partial charge in [0.1, 0.15) is 12.4 Å². The van der Waals surface area contributed by atoms with Gasteiger partial charge >= 0.3 is 6.03 Å². The highest BCUT2D eigenvalue weighted by Crippen LogP contribution is 2.32. The molecule has 192 valence electrons. The molecule has 0 bridgehead atoms. The molecule has 0 aliphatic carbocycles. The largest absolute Gasteiger partial charge is 0.494 e. The average molecular weight is 518 g/mol. The van der Waals surface area contributed by atoms with Crippen LogP contribution in [0.1, 0.15) is 16.8 Å². The van der Waals surface area contributed by atoms with Gasteiger partial charge in [0, 0.05) is 51.6 Å². The first-order valence-electron chi connectivity index (χ1n) is 12.3. The van der Waals surface area contributed by atoms with Gasteiger partial charge in [0.2, 0.25) is 5.54 Å². The van der Waals surface area contributed by atoms with E-state index in [1.807, 2.05) is 49.4 Å². The van der Waals surface area contributed by atoms with Crippen molar-refractivity contribution in [1.82, 2.24) is 25.2 Å². The smallest absolute Gasteiger partial charge is 0.323 e. The maximum absolute atomic E-state index is 12.8. The fourth-order valence-electron chi connectivity index (χ4n) is 4.71. The number of benzene rings is 2. The normalized spacial score (nSPS) is 16.5. The maximum atomic E-state index is 12.8. The van der Waals surface area contributed by atoms with Crippen LogP contribution >= 0.6 is 0 Å². The highest BCUT2D eigenvalue weighted by atomic mass is 16.5. The van der Waals surface area contributed by atoms with E-state index in [9.17, 15) is 14.7 Å². The number of imide groups is 1. The quantitative estimate of drug-likeness (QED) is 0.241. The molecule has 2 aromatic carbocycles. The van der Waals surface area contributed by atoms with Crippen LogP contribution in [0.5, 0.6) is 11.6 Å². The van der Waals surface area contributed by atoms with E-state index in [-0.39, 0.29) is 12.4 Å². The number of hydrogen-bond acceptors (Lipinski definition) is 6. The van der Waals surface area contributed by atoms with E-state index in [1.54, 1.807) is 36.8 Å². The Hall–Kier alpha value is -5.36. The number of ether oxygens (including phenoxy) is 1. The zero-order valence-corrected chi connectivity index (χ0v) is 20.9. The van der Waals surface area contributed by atoms with Crippen LogP contribution in [0, 0.1) is 18.8 Å².